The maximum absolute atomic E-state index is 12.3. The monoisotopic (exact) mass is 377 g/mol. The van der Waals surface area contributed by atoms with Crippen LogP contribution in [0.3, 0.4) is 0 Å². The molecule has 144 valence electrons. The standard InChI is InChI=1S/C21H31NO3S/c1-5-25-20-10-9-17(16(4)23)11-18(20)12-26-13-21(24)22-19-8-6-7-14(2)15(19)3/h9-11,14-15,19H,5-8,12-13H2,1-4H3,(H,22,24)/t14-,15+,19+/m1/s1. The molecule has 26 heavy (non-hydrogen) atoms. The second-order valence-corrected chi connectivity index (χ2v) is 8.23. The van der Waals surface area contributed by atoms with E-state index in [1.807, 2.05) is 19.1 Å². The smallest absolute Gasteiger partial charge is 0.230 e. The molecule has 1 aliphatic rings. The van der Waals surface area contributed by atoms with Crippen LogP contribution in [0.15, 0.2) is 18.2 Å². The highest BCUT2D eigenvalue weighted by molar-refractivity contribution is 7.99. The number of Topliss-reactive ketones (excluding diaryl/α,β-unsaturated/α-hetero) is 1. The van der Waals surface area contributed by atoms with Gasteiger partial charge in [0.25, 0.3) is 0 Å². The fraction of sp³-hybridized carbons (Fsp3) is 0.619. The lowest BCUT2D eigenvalue weighted by atomic mass is 9.78. The molecule has 4 nitrogen and oxygen atoms in total. The molecule has 0 unspecified atom stereocenters. The predicted molar refractivity (Wildman–Crippen MR) is 108 cm³/mol. The normalized spacial score (nSPS) is 22.7. The lowest BCUT2D eigenvalue weighted by Crippen LogP contribution is -2.44. The second kappa shape index (κ2) is 10.0. The van der Waals surface area contributed by atoms with Gasteiger partial charge in [-0.2, -0.15) is 0 Å². The van der Waals surface area contributed by atoms with Crippen LogP contribution in [-0.4, -0.2) is 30.1 Å². The van der Waals surface area contributed by atoms with Gasteiger partial charge in [0, 0.05) is 22.9 Å². The van der Waals surface area contributed by atoms with Crippen molar-refractivity contribution in [3.8, 4) is 5.75 Å². The number of carbonyl (C=O) groups excluding carboxylic acids is 2. The van der Waals surface area contributed by atoms with E-state index in [1.165, 1.54) is 12.8 Å². The molecule has 1 amide bonds. The van der Waals surface area contributed by atoms with Gasteiger partial charge >= 0.3 is 0 Å². The average molecular weight is 378 g/mol. The quantitative estimate of drug-likeness (QED) is 0.680. The van der Waals surface area contributed by atoms with Gasteiger partial charge in [-0.15, -0.1) is 11.8 Å². The Morgan fingerprint density at radius 2 is 2.04 bits per heavy atom. The van der Waals surface area contributed by atoms with Gasteiger partial charge in [0.15, 0.2) is 5.78 Å². The van der Waals surface area contributed by atoms with E-state index in [1.54, 1.807) is 24.8 Å². The van der Waals surface area contributed by atoms with E-state index in [2.05, 4.69) is 19.2 Å². The van der Waals surface area contributed by atoms with Crippen molar-refractivity contribution >= 4 is 23.5 Å². The Bertz CT molecular complexity index is 632. The van der Waals surface area contributed by atoms with E-state index in [0.717, 1.165) is 17.7 Å². The topological polar surface area (TPSA) is 55.4 Å². The van der Waals surface area contributed by atoms with Crippen LogP contribution in [0.2, 0.25) is 0 Å². The fourth-order valence-electron chi connectivity index (χ4n) is 3.50. The first-order valence-electron chi connectivity index (χ1n) is 9.56. The molecule has 0 bridgehead atoms. The van der Waals surface area contributed by atoms with Crippen LogP contribution in [0.5, 0.6) is 5.75 Å². The molecule has 0 aromatic heterocycles. The summed E-state index contributed by atoms with van der Waals surface area (Å²) in [6.07, 6.45) is 3.53. The third kappa shape index (κ3) is 5.76. The summed E-state index contributed by atoms with van der Waals surface area (Å²) in [4.78, 5) is 23.9. The van der Waals surface area contributed by atoms with Crippen LogP contribution < -0.4 is 10.1 Å². The van der Waals surface area contributed by atoms with Crippen LogP contribution in [0.25, 0.3) is 0 Å². The van der Waals surface area contributed by atoms with Crippen molar-refractivity contribution in [2.24, 2.45) is 11.8 Å². The number of benzene rings is 1. The molecule has 3 atom stereocenters. The lowest BCUT2D eigenvalue weighted by Gasteiger charge is -2.34. The van der Waals surface area contributed by atoms with E-state index >= 15 is 0 Å². The summed E-state index contributed by atoms with van der Waals surface area (Å²) in [7, 11) is 0. The Morgan fingerprint density at radius 1 is 1.27 bits per heavy atom. The molecule has 5 heteroatoms. The molecule has 0 saturated heterocycles. The molecule has 1 fully saturated rings. The molecule has 1 saturated carbocycles. The van der Waals surface area contributed by atoms with Gasteiger partial charge in [0.1, 0.15) is 5.75 Å². The Balaban J connectivity index is 1.89. The minimum atomic E-state index is 0.0393. The third-order valence-electron chi connectivity index (χ3n) is 5.31. The summed E-state index contributed by atoms with van der Waals surface area (Å²) in [5, 5.41) is 3.21. The lowest BCUT2D eigenvalue weighted by molar-refractivity contribution is -0.120. The molecule has 0 radical (unpaired) electrons. The first-order valence-corrected chi connectivity index (χ1v) is 10.7. The maximum atomic E-state index is 12.3. The number of hydrogen-bond donors (Lipinski definition) is 1. The zero-order valence-electron chi connectivity index (χ0n) is 16.3. The number of ketones is 1. The van der Waals surface area contributed by atoms with Crippen molar-refractivity contribution in [2.45, 2.75) is 58.8 Å². The molecule has 1 aliphatic carbocycles. The van der Waals surface area contributed by atoms with Gasteiger partial charge in [-0.3, -0.25) is 9.59 Å². The van der Waals surface area contributed by atoms with E-state index in [-0.39, 0.29) is 11.7 Å². The van der Waals surface area contributed by atoms with Crippen LogP contribution >= 0.6 is 11.8 Å². The maximum Gasteiger partial charge on any atom is 0.230 e. The molecule has 0 spiro atoms. The van der Waals surface area contributed by atoms with Crippen molar-refractivity contribution < 1.29 is 14.3 Å². The van der Waals surface area contributed by atoms with Crippen molar-refractivity contribution in [1.82, 2.24) is 5.32 Å². The molecule has 0 heterocycles. The number of ether oxygens (including phenoxy) is 1. The predicted octanol–water partition coefficient (Wildman–Crippen LogP) is 4.46. The molecule has 1 aromatic carbocycles. The van der Waals surface area contributed by atoms with E-state index in [0.29, 0.717) is 41.6 Å². The molecule has 2 rings (SSSR count). The average Bonchev–Trinajstić information content (AvgIpc) is 2.60. The van der Waals surface area contributed by atoms with Gasteiger partial charge in [-0.25, -0.2) is 0 Å². The Labute approximate surface area is 161 Å². The number of nitrogens with one attached hydrogen (secondary N) is 1. The van der Waals surface area contributed by atoms with E-state index in [9.17, 15) is 9.59 Å². The summed E-state index contributed by atoms with van der Waals surface area (Å²) >= 11 is 1.56. The Hall–Kier alpha value is -1.49. The van der Waals surface area contributed by atoms with Crippen LogP contribution in [0.1, 0.15) is 62.9 Å². The minimum absolute atomic E-state index is 0.0393. The number of hydrogen-bond acceptors (Lipinski definition) is 4. The Morgan fingerprint density at radius 3 is 2.73 bits per heavy atom. The number of carbonyl (C=O) groups is 2. The SMILES string of the molecule is CCOc1ccc(C(C)=O)cc1CSCC(=O)N[C@H]1CCC[C@@H](C)[C@@H]1C. The summed E-state index contributed by atoms with van der Waals surface area (Å²) in [5.41, 5.74) is 1.65. The van der Waals surface area contributed by atoms with Crippen molar-refractivity contribution in [1.29, 1.82) is 0 Å². The van der Waals surface area contributed by atoms with Gasteiger partial charge in [0.05, 0.1) is 12.4 Å². The fourth-order valence-corrected chi connectivity index (χ4v) is 4.31. The van der Waals surface area contributed by atoms with Gasteiger partial charge in [-0.1, -0.05) is 26.7 Å². The summed E-state index contributed by atoms with van der Waals surface area (Å²) in [5.74, 6) is 3.21. The first kappa shape index (κ1) is 20.8. The number of thioether (sulfide) groups is 1. The highest BCUT2D eigenvalue weighted by atomic mass is 32.2. The van der Waals surface area contributed by atoms with Gasteiger partial charge in [0.2, 0.25) is 5.91 Å². The van der Waals surface area contributed by atoms with Crippen LogP contribution in [-0.2, 0) is 10.5 Å². The van der Waals surface area contributed by atoms with Gasteiger partial charge in [-0.05, 0) is 50.3 Å². The highest BCUT2D eigenvalue weighted by Crippen LogP contribution is 2.30. The summed E-state index contributed by atoms with van der Waals surface area (Å²) in [6.45, 7) is 8.59. The minimum Gasteiger partial charge on any atom is -0.494 e. The first-order chi connectivity index (χ1) is 12.4. The third-order valence-corrected chi connectivity index (χ3v) is 6.29. The van der Waals surface area contributed by atoms with E-state index in [4.69, 9.17) is 4.74 Å². The molecule has 1 N–H and O–H groups in total. The summed E-state index contributed by atoms with van der Waals surface area (Å²) in [6, 6.07) is 5.82. The summed E-state index contributed by atoms with van der Waals surface area (Å²) < 4.78 is 5.65. The van der Waals surface area contributed by atoms with Crippen molar-refractivity contribution in [2.75, 3.05) is 12.4 Å². The highest BCUT2D eigenvalue weighted by Gasteiger charge is 2.27. The van der Waals surface area contributed by atoms with Crippen molar-refractivity contribution in [3.05, 3.63) is 29.3 Å². The van der Waals surface area contributed by atoms with Crippen molar-refractivity contribution in [3.63, 3.8) is 0 Å². The zero-order chi connectivity index (χ0) is 19.1. The second-order valence-electron chi connectivity index (χ2n) is 7.25. The molecular weight excluding hydrogens is 346 g/mol. The molecule has 0 aliphatic heterocycles. The molecular formula is C21H31NO3S. The van der Waals surface area contributed by atoms with Gasteiger partial charge < -0.3 is 10.1 Å². The Kier molecular flexibility index (Phi) is 8.01. The largest absolute Gasteiger partial charge is 0.494 e. The van der Waals surface area contributed by atoms with Crippen LogP contribution in [0.4, 0.5) is 0 Å². The van der Waals surface area contributed by atoms with Crippen LogP contribution in [0, 0.1) is 11.8 Å². The molecule has 1 aromatic rings. The zero-order valence-corrected chi connectivity index (χ0v) is 17.2. The number of rotatable bonds is 8. The number of amides is 1. The van der Waals surface area contributed by atoms with E-state index < -0.39 is 0 Å².